The molecule has 0 radical (unpaired) electrons. The van der Waals surface area contributed by atoms with Crippen LogP contribution in [0.2, 0.25) is 0 Å². The lowest BCUT2D eigenvalue weighted by atomic mass is 10.6. The standard InChI is InChI=1S/3C6H15NO2S.3FH/c3*1-8-5-3-7(10)4-6-9-2;;;/h3*10H,3-6H2,1-2H3;3*1H. The van der Waals surface area contributed by atoms with E-state index in [1.165, 1.54) is 0 Å². The van der Waals surface area contributed by atoms with Gasteiger partial charge >= 0.3 is 0 Å². The fourth-order valence-electron chi connectivity index (χ4n) is 1.52. The van der Waals surface area contributed by atoms with Crippen molar-refractivity contribution in [1.82, 2.24) is 12.9 Å². The SMILES string of the molecule is COCCN(S)CCOC.COCCN(S)CCOC.COCCN(S)CCOC.F.F.F. The van der Waals surface area contributed by atoms with Crippen molar-refractivity contribution in [2.75, 3.05) is 122 Å². The molecule has 0 fully saturated rings. The summed E-state index contributed by atoms with van der Waals surface area (Å²) in [4.78, 5) is 0. The summed E-state index contributed by atoms with van der Waals surface area (Å²) in [5.74, 6) is 0. The Hall–Kier alpha value is 0.480. The van der Waals surface area contributed by atoms with Crippen LogP contribution in [0.15, 0.2) is 0 Å². The number of hydrogen-bond donors (Lipinski definition) is 3. The predicted molar refractivity (Wildman–Crippen MR) is 140 cm³/mol. The minimum absolute atomic E-state index is 0. The summed E-state index contributed by atoms with van der Waals surface area (Å²) in [6, 6.07) is 0. The molecule has 0 atom stereocenters. The molecule has 0 aliphatic heterocycles. The average Bonchev–Trinajstić information content (AvgIpc) is 2.76. The molecule has 0 spiro atoms. The van der Waals surface area contributed by atoms with E-state index >= 15 is 0 Å². The second-order valence-corrected chi connectivity index (χ2v) is 7.51. The highest BCUT2D eigenvalue weighted by Crippen LogP contribution is 1.92. The van der Waals surface area contributed by atoms with Crippen LogP contribution in [0.25, 0.3) is 0 Å². The van der Waals surface area contributed by atoms with E-state index in [1.807, 2.05) is 12.9 Å². The van der Waals surface area contributed by atoms with E-state index in [9.17, 15) is 0 Å². The normalized spacial score (nSPS) is 9.82. The van der Waals surface area contributed by atoms with Crippen LogP contribution in [0.4, 0.5) is 14.1 Å². The van der Waals surface area contributed by atoms with Gasteiger partial charge in [0.2, 0.25) is 0 Å². The highest BCUT2D eigenvalue weighted by molar-refractivity contribution is 7.78. The van der Waals surface area contributed by atoms with Gasteiger partial charge in [-0.15, -0.1) is 0 Å². The number of rotatable bonds is 18. The van der Waals surface area contributed by atoms with Gasteiger partial charge in [0, 0.05) is 81.9 Å². The molecular formula is C18H48F3N3O6S3. The Labute approximate surface area is 215 Å². The van der Waals surface area contributed by atoms with E-state index in [4.69, 9.17) is 28.4 Å². The summed E-state index contributed by atoms with van der Waals surface area (Å²) in [6.45, 7) is 9.31. The molecule has 15 heteroatoms. The highest BCUT2D eigenvalue weighted by Gasteiger charge is 1.97. The van der Waals surface area contributed by atoms with E-state index in [2.05, 4.69) is 38.4 Å². The van der Waals surface area contributed by atoms with Crippen LogP contribution in [-0.4, -0.2) is 134 Å². The molecule has 9 nitrogen and oxygen atoms in total. The maximum Gasteiger partial charge on any atom is 0.0599 e. The van der Waals surface area contributed by atoms with Gasteiger partial charge in [-0.25, -0.2) is 12.9 Å². The lowest BCUT2D eigenvalue weighted by Gasteiger charge is -2.12. The summed E-state index contributed by atoms with van der Waals surface area (Å²) < 4.78 is 34.8. The summed E-state index contributed by atoms with van der Waals surface area (Å²) in [6.07, 6.45) is 0. The molecule has 0 aliphatic rings. The van der Waals surface area contributed by atoms with Crippen LogP contribution in [0.3, 0.4) is 0 Å². The van der Waals surface area contributed by atoms with Gasteiger partial charge in [-0.05, 0) is 0 Å². The van der Waals surface area contributed by atoms with Crippen molar-refractivity contribution in [3.63, 3.8) is 0 Å². The van der Waals surface area contributed by atoms with Crippen LogP contribution in [0, 0.1) is 0 Å². The van der Waals surface area contributed by atoms with Gasteiger partial charge in [-0.2, -0.15) is 0 Å². The molecule has 0 N–H and O–H groups in total. The zero-order valence-corrected chi connectivity index (χ0v) is 23.5. The second-order valence-electron chi connectivity index (χ2n) is 5.82. The molecule has 0 saturated carbocycles. The molecular weight excluding hydrogens is 507 g/mol. The van der Waals surface area contributed by atoms with E-state index in [-0.39, 0.29) is 14.1 Å². The van der Waals surface area contributed by atoms with Crippen LogP contribution in [-0.2, 0) is 28.4 Å². The minimum Gasteiger partial charge on any atom is -0.383 e. The monoisotopic (exact) mass is 555 g/mol. The largest absolute Gasteiger partial charge is 0.383 e. The molecule has 0 aromatic carbocycles. The average molecular weight is 556 g/mol. The molecule has 33 heavy (non-hydrogen) atoms. The number of methoxy groups -OCH3 is 6. The van der Waals surface area contributed by atoms with E-state index < -0.39 is 0 Å². The number of nitrogens with zero attached hydrogens (tertiary/aromatic N) is 3. The van der Waals surface area contributed by atoms with Gasteiger partial charge in [0.25, 0.3) is 0 Å². The van der Waals surface area contributed by atoms with E-state index in [1.54, 1.807) is 42.7 Å². The van der Waals surface area contributed by atoms with Gasteiger partial charge in [-0.1, -0.05) is 38.4 Å². The van der Waals surface area contributed by atoms with Crippen molar-refractivity contribution >= 4 is 38.4 Å². The predicted octanol–water partition coefficient (Wildman–Crippen LogP) is 1.74. The first-order valence-corrected chi connectivity index (χ1v) is 10.9. The van der Waals surface area contributed by atoms with Crippen molar-refractivity contribution < 1.29 is 42.5 Å². The molecule has 0 heterocycles. The van der Waals surface area contributed by atoms with E-state index in [0.29, 0.717) is 39.6 Å². The van der Waals surface area contributed by atoms with Gasteiger partial charge in [0.1, 0.15) is 0 Å². The minimum atomic E-state index is 0. The first-order valence-electron chi connectivity index (χ1n) is 9.68. The quantitative estimate of drug-likeness (QED) is 0.220. The molecule has 0 aromatic rings. The Morgan fingerprint density at radius 2 is 0.485 bits per heavy atom. The number of halogens is 3. The molecule has 0 amide bonds. The lowest BCUT2D eigenvalue weighted by molar-refractivity contribution is 0.155. The first kappa shape index (κ1) is 46.8. The fourth-order valence-corrected chi connectivity index (χ4v) is 2.01. The zero-order valence-electron chi connectivity index (χ0n) is 20.8. The molecule has 210 valence electrons. The molecule has 0 aromatic heterocycles. The Kier molecular flexibility index (Phi) is 60.4. The highest BCUT2D eigenvalue weighted by atomic mass is 32.1. The molecule has 0 rings (SSSR count). The number of hydrogen-bond acceptors (Lipinski definition) is 12. The summed E-state index contributed by atoms with van der Waals surface area (Å²) in [5.41, 5.74) is 0. The maximum absolute atomic E-state index is 4.86. The third-order valence-electron chi connectivity index (χ3n) is 3.32. The Bertz CT molecular complexity index is 252. The first-order chi connectivity index (χ1) is 14.4. The fraction of sp³-hybridized carbons (Fsp3) is 1.00. The molecule has 0 saturated heterocycles. The van der Waals surface area contributed by atoms with Crippen LogP contribution < -0.4 is 0 Å². The van der Waals surface area contributed by atoms with Gasteiger partial charge in [0.15, 0.2) is 0 Å². The van der Waals surface area contributed by atoms with E-state index in [0.717, 1.165) is 39.3 Å². The second kappa shape index (κ2) is 42.6. The summed E-state index contributed by atoms with van der Waals surface area (Å²) in [7, 11) is 10.1. The smallest absolute Gasteiger partial charge is 0.0599 e. The van der Waals surface area contributed by atoms with Crippen molar-refractivity contribution in [2.24, 2.45) is 0 Å². The van der Waals surface area contributed by atoms with Gasteiger partial charge in [-0.3, -0.25) is 14.1 Å². The Morgan fingerprint density at radius 3 is 0.576 bits per heavy atom. The topological polar surface area (TPSA) is 65.1 Å². The van der Waals surface area contributed by atoms with Crippen LogP contribution in [0.1, 0.15) is 0 Å². The zero-order chi connectivity index (χ0) is 23.5. The van der Waals surface area contributed by atoms with Crippen molar-refractivity contribution in [3.8, 4) is 0 Å². The summed E-state index contributed by atoms with van der Waals surface area (Å²) >= 11 is 12.5. The van der Waals surface area contributed by atoms with Crippen LogP contribution >= 0.6 is 38.4 Å². The van der Waals surface area contributed by atoms with Crippen molar-refractivity contribution in [3.05, 3.63) is 0 Å². The molecule has 0 unspecified atom stereocenters. The lowest BCUT2D eigenvalue weighted by Crippen LogP contribution is -2.21. The Balaban J connectivity index is -0.0000000792. The van der Waals surface area contributed by atoms with Gasteiger partial charge in [0.05, 0.1) is 39.6 Å². The molecule has 0 bridgehead atoms. The van der Waals surface area contributed by atoms with Crippen LogP contribution in [0.5, 0.6) is 0 Å². The number of ether oxygens (including phenoxy) is 6. The van der Waals surface area contributed by atoms with Gasteiger partial charge < -0.3 is 28.4 Å². The number of thiol groups is 3. The maximum atomic E-state index is 4.86. The third-order valence-corrected chi connectivity index (χ3v) is 4.52. The van der Waals surface area contributed by atoms with Crippen molar-refractivity contribution in [2.45, 2.75) is 0 Å². The van der Waals surface area contributed by atoms with Crippen molar-refractivity contribution in [1.29, 1.82) is 0 Å². The summed E-state index contributed by atoms with van der Waals surface area (Å²) in [5, 5.41) is 0. The third kappa shape index (κ3) is 50.4. The molecule has 0 aliphatic carbocycles. The Morgan fingerprint density at radius 1 is 0.364 bits per heavy atom.